The van der Waals surface area contributed by atoms with Crippen LogP contribution in [-0.4, -0.2) is 19.1 Å². The molecule has 0 amide bonds. The monoisotopic (exact) mass is 752 g/mol. The van der Waals surface area contributed by atoms with E-state index in [-0.39, 0.29) is 0 Å². The maximum absolute atomic E-state index is 6.83. The number of nitrogens with zero attached hydrogens (tertiary/aromatic N) is 4. The molecule has 0 bridgehead atoms. The van der Waals surface area contributed by atoms with Gasteiger partial charge in [0.25, 0.3) is 0 Å². The van der Waals surface area contributed by atoms with Crippen LogP contribution in [0.5, 0.6) is 0 Å². The molecular formula is C54H32N4O. The first-order chi connectivity index (χ1) is 29.3. The number of rotatable bonds is 4. The van der Waals surface area contributed by atoms with Crippen LogP contribution in [-0.2, 0) is 0 Å². The zero-order valence-corrected chi connectivity index (χ0v) is 31.7. The van der Waals surface area contributed by atoms with Gasteiger partial charge < -0.3 is 8.98 Å². The third-order valence-corrected chi connectivity index (χ3v) is 12.1. The Morgan fingerprint density at radius 3 is 1.69 bits per heavy atom. The average molecular weight is 753 g/mol. The molecule has 0 aliphatic rings. The maximum Gasteiger partial charge on any atom is 0.235 e. The van der Waals surface area contributed by atoms with Crippen LogP contribution in [0.1, 0.15) is 0 Å². The summed E-state index contributed by atoms with van der Waals surface area (Å²) in [6, 6.07) is 68.9. The van der Waals surface area contributed by atoms with Crippen molar-refractivity contribution in [1.29, 1.82) is 0 Å². The van der Waals surface area contributed by atoms with Crippen molar-refractivity contribution in [3.8, 4) is 34.0 Å². The lowest BCUT2D eigenvalue weighted by molar-refractivity contribution is 0.673. The predicted octanol–water partition coefficient (Wildman–Crippen LogP) is 14.2. The van der Waals surface area contributed by atoms with Gasteiger partial charge in [0.1, 0.15) is 11.2 Å². The van der Waals surface area contributed by atoms with E-state index in [1.165, 1.54) is 27.4 Å². The number of para-hydroxylation sites is 5. The number of benzene rings is 9. The summed E-state index contributed by atoms with van der Waals surface area (Å²) in [5.74, 6) is 0.617. The van der Waals surface area contributed by atoms with Gasteiger partial charge in [-0.1, -0.05) is 127 Å². The Morgan fingerprint density at radius 1 is 0.356 bits per heavy atom. The van der Waals surface area contributed by atoms with Crippen molar-refractivity contribution < 1.29 is 4.42 Å². The minimum Gasteiger partial charge on any atom is -0.455 e. The molecule has 0 saturated carbocycles. The first-order valence-corrected chi connectivity index (χ1v) is 20.0. The third-order valence-electron chi connectivity index (χ3n) is 12.1. The van der Waals surface area contributed by atoms with Crippen LogP contribution in [0.4, 0.5) is 0 Å². The summed E-state index contributed by atoms with van der Waals surface area (Å²) in [5.41, 5.74) is 12.3. The van der Waals surface area contributed by atoms with Crippen LogP contribution in [0.25, 0.3) is 121 Å². The predicted molar refractivity (Wildman–Crippen MR) is 244 cm³/mol. The van der Waals surface area contributed by atoms with Crippen LogP contribution in [0.3, 0.4) is 0 Å². The van der Waals surface area contributed by atoms with Crippen molar-refractivity contribution in [2.24, 2.45) is 0 Å². The Labute approximate surface area is 337 Å². The van der Waals surface area contributed by atoms with E-state index in [2.05, 4.69) is 197 Å². The first-order valence-electron chi connectivity index (χ1n) is 20.0. The van der Waals surface area contributed by atoms with Crippen molar-refractivity contribution in [2.45, 2.75) is 0 Å². The summed E-state index contributed by atoms with van der Waals surface area (Å²) in [7, 11) is 0. The highest BCUT2D eigenvalue weighted by molar-refractivity contribution is 6.18. The summed E-state index contributed by atoms with van der Waals surface area (Å²) < 4.78 is 11.4. The molecule has 0 fully saturated rings. The average Bonchev–Trinajstić information content (AvgIpc) is 3.96. The van der Waals surface area contributed by atoms with Gasteiger partial charge in [0, 0.05) is 54.3 Å². The van der Waals surface area contributed by atoms with E-state index in [0.29, 0.717) is 5.95 Å². The lowest BCUT2D eigenvalue weighted by atomic mass is 10.0. The SMILES string of the molecule is c1ccc(-n2c3ccccc3c3cc(-c4ccc5c(c4)c4ccccc4n5-c4nc(-c5cccc6c5oc5c7ccccc7ccc65)c5ccccc5n4)ccc32)cc1. The molecule has 0 N–H and O–H groups in total. The van der Waals surface area contributed by atoms with Gasteiger partial charge in [0.2, 0.25) is 5.95 Å². The number of hydrogen-bond acceptors (Lipinski definition) is 3. The van der Waals surface area contributed by atoms with Crippen LogP contribution in [0, 0.1) is 0 Å². The number of furan rings is 1. The summed E-state index contributed by atoms with van der Waals surface area (Å²) in [4.78, 5) is 10.7. The largest absolute Gasteiger partial charge is 0.455 e. The second kappa shape index (κ2) is 12.2. The zero-order valence-electron chi connectivity index (χ0n) is 31.7. The van der Waals surface area contributed by atoms with Crippen LogP contribution >= 0.6 is 0 Å². The quantitative estimate of drug-likeness (QED) is 0.180. The lowest BCUT2D eigenvalue weighted by Gasteiger charge is -2.12. The lowest BCUT2D eigenvalue weighted by Crippen LogP contribution is -2.03. The van der Waals surface area contributed by atoms with Gasteiger partial charge in [-0.05, 0) is 83.2 Å². The standard InChI is InChI=1S/C54H32N4O/c1-2-14-36(15-3-1)57-47-23-10-7-17-38(47)44-31-34(26-29-49(44)57)35-27-30-50-45(32-35)39-18-8-11-24-48(39)58(50)54-55-46-22-9-6-19-42(46)51(56-54)43-21-12-20-40-41-28-25-33-13-4-5-16-37(33)52(41)59-53(40)43/h1-32H. The highest BCUT2D eigenvalue weighted by Gasteiger charge is 2.21. The Balaban J connectivity index is 1.01. The molecule has 5 heteroatoms. The summed E-state index contributed by atoms with van der Waals surface area (Å²) >= 11 is 0. The van der Waals surface area contributed by atoms with Gasteiger partial charge in [-0.2, -0.15) is 0 Å². The van der Waals surface area contributed by atoms with Crippen LogP contribution in [0.2, 0.25) is 0 Å². The smallest absolute Gasteiger partial charge is 0.235 e. The van der Waals surface area contributed by atoms with E-state index in [4.69, 9.17) is 14.4 Å². The number of aromatic nitrogens is 4. The molecule has 9 aromatic carbocycles. The Hall–Kier alpha value is -8.02. The highest BCUT2D eigenvalue weighted by atomic mass is 16.3. The molecule has 274 valence electrons. The van der Waals surface area contributed by atoms with Gasteiger partial charge >= 0.3 is 0 Å². The second-order valence-electron chi connectivity index (χ2n) is 15.3. The first kappa shape index (κ1) is 32.1. The molecule has 4 aromatic heterocycles. The molecule has 4 heterocycles. The molecule has 59 heavy (non-hydrogen) atoms. The minimum absolute atomic E-state index is 0.617. The zero-order chi connectivity index (χ0) is 38.6. The number of hydrogen-bond donors (Lipinski definition) is 0. The minimum atomic E-state index is 0.617. The van der Waals surface area contributed by atoms with E-state index in [9.17, 15) is 0 Å². The van der Waals surface area contributed by atoms with E-state index in [0.717, 1.165) is 87.9 Å². The highest BCUT2D eigenvalue weighted by Crippen LogP contribution is 2.42. The van der Waals surface area contributed by atoms with Crippen molar-refractivity contribution in [1.82, 2.24) is 19.1 Å². The molecule has 0 unspecified atom stereocenters. The molecule has 5 nitrogen and oxygen atoms in total. The van der Waals surface area contributed by atoms with Crippen LogP contribution in [0.15, 0.2) is 199 Å². The summed E-state index contributed by atoms with van der Waals surface area (Å²) in [6.07, 6.45) is 0. The fraction of sp³-hybridized carbons (Fsp3) is 0. The molecule has 0 aliphatic carbocycles. The Kier molecular flexibility index (Phi) is 6.66. The fourth-order valence-corrected chi connectivity index (χ4v) is 9.46. The third kappa shape index (κ3) is 4.67. The van der Waals surface area contributed by atoms with E-state index in [1.54, 1.807) is 0 Å². The van der Waals surface area contributed by atoms with E-state index in [1.807, 2.05) is 6.07 Å². The van der Waals surface area contributed by atoms with E-state index >= 15 is 0 Å². The normalized spacial score (nSPS) is 12.1. The molecule has 13 aromatic rings. The molecule has 0 saturated heterocycles. The topological polar surface area (TPSA) is 48.8 Å². The van der Waals surface area contributed by atoms with Gasteiger partial charge in [-0.25, -0.2) is 9.97 Å². The summed E-state index contributed by atoms with van der Waals surface area (Å²) in [5, 5.41) is 10.2. The molecule has 0 aliphatic heterocycles. The Morgan fingerprint density at radius 2 is 0.932 bits per heavy atom. The molecule has 0 atom stereocenters. The molecule has 13 rings (SSSR count). The van der Waals surface area contributed by atoms with Crippen molar-refractivity contribution >= 4 is 87.2 Å². The molecule has 0 spiro atoms. The number of fused-ring (bicyclic) bond motifs is 12. The van der Waals surface area contributed by atoms with Gasteiger partial charge in [-0.3, -0.25) is 4.57 Å². The molecular weight excluding hydrogens is 721 g/mol. The maximum atomic E-state index is 6.83. The molecule has 0 radical (unpaired) electrons. The van der Waals surface area contributed by atoms with Gasteiger partial charge in [0.15, 0.2) is 0 Å². The van der Waals surface area contributed by atoms with Crippen LogP contribution < -0.4 is 0 Å². The Bertz CT molecular complexity index is 3850. The van der Waals surface area contributed by atoms with Crippen molar-refractivity contribution in [2.75, 3.05) is 0 Å². The second-order valence-corrected chi connectivity index (χ2v) is 15.3. The van der Waals surface area contributed by atoms with Gasteiger partial charge in [-0.15, -0.1) is 0 Å². The van der Waals surface area contributed by atoms with Crippen molar-refractivity contribution in [3.05, 3.63) is 194 Å². The summed E-state index contributed by atoms with van der Waals surface area (Å²) in [6.45, 7) is 0. The van der Waals surface area contributed by atoms with Gasteiger partial charge in [0.05, 0.1) is 33.3 Å². The fourth-order valence-electron chi connectivity index (χ4n) is 9.46. The van der Waals surface area contributed by atoms with E-state index < -0.39 is 0 Å². The van der Waals surface area contributed by atoms with Crippen molar-refractivity contribution in [3.63, 3.8) is 0 Å².